The van der Waals surface area contributed by atoms with Gasteiger partial charge in [0.25, 0.3) is 11.7 Å². The lowest BCUT2D eigenvalue weighted by molar-refractivity contribution is -0.139. The number of benzene rings is 2. The lowest BCUT2D eigenvalue weighted by Gasteiger charge is -2.25. The van der Waals surface area contributed by atoms with Gasteiger partial charge in [-0.05, 0) is 50.1 Å². The number of hydrogen-bond donors (Lipinski definition) is 1. The topological polar surface area (TPSA) is 66.8 Å². The van der Waals surface area contributed by atoms with Crippen LogP contribution in [0, 0.1) is 12.7 Å². The number of ketones is 1. The van der Waals surface area contributed by atoms with E-state index in [4.69, 9.17) is 4.74 Å². The van der Waals surface area contributed by atoms with E-state index in [-0.39, 0.29) is 16.9 Å². The van der Waals surface area contributed by atoms with Crippen molar-refractivity contribution in [2.75, 3.05) is 13.2 Å². The Bertz CT molecular complexity index is 998. The normalized spacial score (nSPS) is 18.1. The van der Waals surface area contributed by atoms with Crippen molar-refractivity contribution in [3.8, 4) is 5.75 Å². The average Bonchev–Trinajstić information content (AvgIpc) is 2.98. The molecule has 0 aromatic heterocycles. The van der Waals surface area contributed by atoms with Gasteiger partial charge in [0.15, 0.2) is 0 Å². The fourth-order valence-electron chi connectivity index (χ4n) is 3.73. The molecular weight excluding hydrogens is 385 g/mol. The molecule has 0 aliphatic carbocycles. The first-order valence-corrected chi connectivity index (χ1v) is 10.2. The number of likely N-dealkylation sites (tertiary alicyclic amines) is 1. The van der Waals surface area contributed by atoms with Crippen LogP contribution in [0.5, 0.6) is 5.75 Å². The zero-order valence-electron chi connectivity index (χ0n) is 17.4. The number of amides is 1. The Hall–Kier alpha value is -3.15. The molecule has 6 heteroatoms. The van der Waals surface area contributed by atoms with Gasteiger partial charge in [-0.15, -0.1) is 0 Å². The Morgan fingerprint density at radius 2 is 1.90 bits per heavy atom. The minimum absolute atomic E-state index is 0.0928. The summed E-state index contributed by atoms with van der Waals surface area (Å²) in [5, 5.41) is 11.0. The molecule has 5 nitrogen and oxygen atoms in total. The molecule has 1 amide bonds. The molecule has 0 spiro atoms. The Labute approximate surface area is 175 Å². The SMILES string of the molecule is CCCCN1C(=O)C(=O)/C(=C(/O)c2ccc(OCC)c(C)c2)C1c1ccccc1F. The summed E-state index contributed by atoms with van der Waals surface area (Å²) in [6.07, 6.45) is 1.48. The summed E-state index contributed by atoms with van der Waals surface area (Å²) in [5.41, 5.74) is 1.26. The second-order valence-electron chi connectivity index (χ2n) is 7.28. The molecule has 1 unspecified atom stereocenters. The monoisotopic (exact) mass is 411 g/mol. The van der Waals surface area contributed by atoms with Crippen LogP contribution < -0.4 is 4.74 Å². The number of hydrogen-bond acceptors (Lipinski definition) is 4. The van der Waals surface area contributed by atoms with Crippen LogP contribution in [0.1, 0.15) is 49.4 Å². The average molecular weight is 411 g/mol. The molecule has 1 fully saturated rings. The van der Waals surface area contributed by atoms with E-state index in [0.29, 0.717) is 30.9 Å². The summed E-state index contributed by atoms with van der Waals surface area (Å²) in [7, 11) is 0. The number of aliphatic hydroxyl groups is 1. The molecule has 3 rings (SSSR count). The number of nitrogens with zero attached hydrogens (tertiary/aromatic N) is 1. The van der Waals surface area contributed by atoms with Crippen molar-refractivity contribution in [1.29, 1.82) is 0 Å². The van der Waals surface area contributed by atoms with Crippen molar-refractivity contribution < 1.29 is 23.8 Å². The van der Waals surface area contributed by atoms with Gasteiger partial charge in [0, 0.05) is 17.7 Å². The first kappa shape index (κ1) is 21.6. The van der Waals surface area contributed by atoms with E-state index in [2.05, 4.69) is 0 Å². The van der Waals surface area contributed by atoms with Crippen molar-refractivity contribution in [3.05, 3.63) is 70.5 Å². The predicted octanol–water partition coefficient (Wildman–Crippen LogP) is 4.75. The third-order valence-corrected chi connectivity index (χ3v) is 5.24. The van der Waals surface area contributed by atoms with E-state index in [0.717, 1.165) is 12.0 Å². The Morgan fingerprint density at radius 1 is 1.17 bits per heavy atom. The van der Waals surface area contributed by atoms with Crippen molar-refractivity contribution >= 4 is 17.4 Å². The summed E-state index contributed by atoms with van der Waals surface area (Å²) in [6, 6.07) is 10.1. The Morgan fingerprint density at radius 3 is 2.53 bits per heavy atom. The molecule has 1 aliphatic heterocycles. The molecule has 1 saturated heterocycles. The van der Waals surface area contributed by atoms with E-state index in [1.807, 2.05) is 20.8 Å². The third kappa shape index (κ3) is 3.95. The fraction of sp³-hybridized carbons (Fsp3) is 0.333. The quantitative estimate of drug-likeness (QED) is 0.405. The Kier molecular flexibility index (Phi) is 6.55. The maximum Gasteiger partial charge on any atom is 0.295 e. The number of Topliss-reactive ketones (excluding diaryl/α,β-unsaturated/α-hetero) is 1. The predicted molar refractivity (Wildman–Crippen MR) is 113 cm³/mol. The number of rotatable bonds is 7. The first-order valence-electron chi connectivity index (χ1n) is 10.2. The van der Waals surface area contributed by atoms with Gasteiger partial charge < -0.3 is 14.7 Å². The highest BCUT2D eigenvalue weighted by Gasteiger charge is 2.46. The van der Waals surface area contributed by atoms with Crippen molar-refractivity contribution in [2.45, 2.75) is 39.7 Å². The number of unbranched alkanes of at least 4 members (excludes halogenated alkanes) is 1. The smallest absolute Gasteiger partial charge is 0.295 e. The van der Waals surface area contributed by atoms with Gasteiger partial charge in [-0.3, -0.25) is 9.59 Å². The van der Waals surface area contributed by atoms with Crippen LogP contribution in [0.2, 0.25) is 0 Å². The van der Waals surface area contributed by atoms with Crippen molar-refractivity contribution in [1.82, 2.24) is 4.90 Å². The maximum atomic E-state index is 14.7. The molecule has 2 aromatic rings. The highest BCUT2D eigenvalue weighted by atomic mass is 19.1. The summed E-state index contributed by atoms with van der Waals surface area (Å²) in [5.74, 6) is -1.70. The number of carbonyl (C=O) groups is 2. The molecule has 1 heterocycles. The molecular formula is C24H26FNO4. The van der Waals surface area contributed by atoms with E-state index in [1.165, 1.54) is 11.0 Å². The largest absolute Gasteiger partial charge is 0.507 e. The van der Waals surface area contributed by atoms with Crippen molar-refractivity contribution in [3.63, 3.8) is 0 Å². The minimum Gasteiger partial charge on any atom is -0.507 e. The molecule has 2 aromatic carbocycles. The number of aliphatic hydroxyl groups excluding tert-OH is 1. The van der Waals surface area contributed by atoms with E-state index < -0.39 is 23.5 Å². The summed E-state index contributed by atoms with van der Waals surface area (Å²) in [6.45, 7) is 6.48. The number of carbonyl (C=O) groups excluding carboxylic acids is 2. The second kappa shape index (κ2) is 9.11. The lowest BCUT2D eigenvalue weighted by Crippen LogP contribution is -2.31. The van der Waals surface area contributed by atoms with E-state index in [9.17, 15) is 19.1 Å². The number of halogens is 1. The van der Waals surface area contributed by atoms with Crippen LogP contribution >= 0.6 is 0 Å². The number of aryl methyl sites for hydroxylation is 1. The van der Waals surface area contributed by atoms with Gasteiger partial charge in [-0.1, -0.05) is 31.5 Å². The van der Waals surface area contributed by atoms with E-state index in [1.54, 1.807) is 36.4 Å². The molecule has 0 bridgehead atoms. The van der Waals surface area contributed by atoms with Gasteiger partial charge in [0.1, 0.15) is 17.3 Å². The van der Waals surface area contributed by atoms with Crippen LogP contribution in [-0.4, -0.2) is 34.8 Å². The van der Waals surface area contributed by atoms with Crippen LogP contribution in [0.25, 0.3) is 5.76 Å². The van der Waals surface area contributed by atoms with Crippen LogP contribution in [0.3, 0.4) is 0 Å². The zero-order chi connectivity index (χ0) is 21.8. The van der Waals surface area contributed by atoms with E-state index >= 15 is 0 Å². The van der Waals surface area contributed by atoms with Crippen LogP contribution in [-0.2, 0) is 9.59 Å². The highest BCUT2D eigenvalue weighted by Crippen LogP contribution is 2.40. The van der Waals surface area contributed by atoms with Crippen molar-refractivity contribution in [2.24, 2.45) is 0 Å². The zero-order valence-corrected chi connectivity index (χ0v) is 17.4. The maximum absolute atomic E-state index is 14.7. The lowest BCUT2D eigenvalue weighted by atomic mass is 9.94. The van der Waals surface area contributed by atoms with Gasteiger partial charge in [0.2, 0.25) is 0 Å². The van der Waals surface area contributed by atoms with Crippen LogP contribution in [0.4, 0.5) is 4.39 Å². The molecule has 1 N–H and O–H groups in total. The van der Waals surface area contributed by atoms with Gasteiger partial charge >= 0.3 is 0 Å². The molecule has 0 saturated carbocycles. The molecule has 158 valence electrons. The minimum atomic E-state index is -0.968. The fourth-order valence-corrected chi connectivity index (χ4v) is 3.73. The summed E-state index contributed by atoms with van der Waals surface area (Å²) in [4.78, 5) is 27.0. The molecule has 1 aliphatic rings. The second-order valence-corrected chi connectivity index (χ2v) is 7.28. The standard InChI is InChI=1S/C24H26FNO4/c1-4-6-13-26-21(17-9-7-8-10-18(17)25)20(23(28)24(26)29)22(27)16-11-12-19(30-5-2)15(3)14-16/h7-12,14,21,27H,4-6,13H2,1-3H3/b22-20+. The first-order chi connectivity index (χ1) is 14.4. The number of ether oxygens (including phenoxy) is 1. The molecule has 0 radical (unpaired) electrons. The highest BCUT2D eigenvalue weighted by molar-refractivity contribution is 6.46. The van der Waals surface area contributed by atoms with Gasteiger partial charge in [-0.25, -0.2) is 4.39 Å². The van der Waals surface area contributed by atoms with Gasteiger partial charge in [0.05, 0.1) is 18.2 Å². The van der Waals surface area contributed by atoms with Gasteiger partial charge in [-0.2, -0.15) is 0 Å². The molecule has 30 heavy (non-hydrogen) atoms. The molecule has 1 atom stereocenters. The summed E-state index contributed by atoms with van der Waals surface area (Å²) < 4.78 is 20.2. The third-order valence-electron chi connectivity index (χ3n) is 5.24. The van der Waals surface area contributed by atoms with Crippen LogP contribution in [0.15, 0.2) is 48.0 Å². The Balaban J connectivity index is 2.16. The summed E-state index contributed by atoms with van der Waals surface area (Å²) >= 11 is 0.